The van der Waals surface area contributed by atoms with E-state index in [1.165, 1.54) is 16.3 Å². The molecule has 2 aromatic carbocycles. The molecule has 1 nitrogen and oxygen atoms in total. The number of hydrogen-bond acceptors (Lipinski definition) is 2. The molecule has 2 N–H and O–H groups in total. The minimum Gasteiger partial charge on any atom is -0.398 e. The monoisotopic (exact) mass is 203 g/mol. The Bertz CT molecular complexity index is 503. The van der Waals surface area contributed by atoms with Crippen molar-refractivity contribution in [2.24, 2.45) is 0 Å². The first-order chi connectivity index (χ1) is 6.59. The molecule has 0 atom stereocenters. The number of aryl methyl sites for hydroxylation is 2. The Morgan fingerprint density at radius 2 is 1.86 bits per heavy atom. The van der Waals surface area contributed by atoms with Crippen molar-refractivity contribution in [2.45, 2.75) is 18.7 Å². The molecule has 2 heteroatoms. The quantitative estimate of drug-likeness (QED) is 0.498. The maximum absolute atomic E-state index is 5.91. The summed E-state index contributed by atoms with van der Waals surface area (Å²) >= 11 is 4.35. The van der Waals surface area contributed by atoms with Crippen molar-refractivity contribution in [3.8, 4) is 0 Å². The Labute approximate surface area is 89.3 Å². The molecule has 0 spiro atoms. The normalized spacial score (nSPS) is 10.8. The number of rotatable bonds is 0. The van der Waals surface area contributed by atoms with Gasteiger partial charge in [0.2, 0.25) is 0 Å². The number of nitrogen functional groups attached to an aromatic ring is 1. The van der Waals surface area contributed by atoms with Gasteiger partial charge in [0, 0.05) is 10.6 Å². The minimum atomic E-state index is 0.782. The van der Waals surface area contributed by atoms with Crippen LogP contribution in [0.4, 0.5) is 5.69 Å². The third kappa shape index (κ3) is 1.36. The fourth-order valence-corrected chi connectivity index (χ4v) is 2.01. The molecule has 72 valence electrons. The van der Waals surface area contributed by atoms with Gasteiger partial charge in [-0.2, -0.15) is 0 Å². The largest absolute Gasteiger partial charge is 0.398 e. The fourth-order valence-electron chi connectivity index (χ4n) is 1.71. The Balaban J connectivity index is 2.91. The van der Waals surface area contributed by atoms with E-state index in [-0.39, 0.29) is 0 Å². The maximum Gasteiger partial charge on any atom is 0.0485 e. The molecule has 0 aromatic heterocycles. The van der Waals surface area contributed by atoms with Gasteiger partial charge in [0.25, 0.3) is 0 Å². The minimum absolute atomic E-state index is 0.782. The van der Waals surface area contributed by atoms with E-state index in [4.69, 9.17) is 5.73 Å². The van der Waals surface area contributed by atoms with E-state index >= 15 is 0 Å². The van der Waals surface area contributed by atoms with Crippen LogP contribution in [0, 0.1) is 13.8 Å². The number of hydrogen-bond donors (Lipinski definition) is 2. The van der Waals surface area contributed by atoms with Crippen LogP contribution >= 0.6 is 12.6 Å². The average Bonchev–Trinajstić information content (AvgIpc) is 2.14. The Morgan fingerprint density at radius 3 is 2.57 bits per heavy atom. The summed E-state index contributed by atoms with van der Waals surface area (Å²) in [5.74, 6) is 0. The lowest BCUT2D eigenvalue weighted by Gasteiger charge is -2.08. The summed E-state index contributed by atoms with van der Waals surface area (Å²) in [7, 11) is 0. The fraction of sp³-hybridized carbons (Fsp3) is 0.167. The van der Waals surface area contributed by atoms with Gasteiger partial charge in [-0.15, -0.1) is 12.6 Å². The molecule has 0 unspecified atom stereocenters. The second-order valence-corrected chi connectivity index (χ2v) is 4.14. The third-order valence-electron chi connectivity index (χ3n) is 2.58. The van der Waals surface area contributed by atoms with Crippen LogP contribution in [0.15, 0.2) is 29.2 Å². The maximum atomic E-state index is 5.91. The van der Waals surface area contributed by atoms with Crippen molar-refractivity contribution < 1.29 is 0 Å². The van der Waals surface area contributed by atoms with E-state index in [0.717, 1.165) is 16.1 Å². The average molecular weight is 203 g/mol. The third-order valence-corrected chi connectivity index (χ3v) is 2.95. The summed E-state index contributed by atoms with van der Waals surface area (Å²) in [6.07, 6.45) is 0. The number of thiol groups is 1. The highest BCUT2D eigenvalue weighted by Gasteiger charge is 2.04. The van der Waals surface area contributed by atoms with Crippen molar-refractivity contribution in [2.75, 3.05) is 5.73 Å². The highest BCUT2D eigenvalue weighted by Crippen LogP contribution is 2.29. The van der Waals surface area contributed by atoms with Crippen molar-refractivity contribution in [1.29, 1.82) is 0 Å². The summed E-state index contributed by atoms with van der Waals surface area (Å²) in [6.45, 7) is 4.12. The van der Waals surface area contributed by atoms with Gasteiger partial charge in [-0.05, 0) is 36.2 Å². The zero-order valence-corrected chi connectivity index (χ0v) is 9.23. The van der Waals surface area contributed by atoms with Crippen molar-refractivity contribution in [3.63, 3.8) is 0 Å². The molecule has 0 aliphatic heterocycles. The molecule has 14 heavy (non-hydrogen) atoms. The molecule has 0 saturated heterocycles. The van der Waals surface area contributed by atoms with E-state index in [1.54, 1.807) is 0 Å². The standard InChI is InChI=1S/C12H13NS/c1-7-3-4-10-8(2)12(13)11(14)6-9(10)5-7/h3-6,14H,13H2,1-2H3. The lowest BCUT2D eigenvalue weighted by molar-refractivity contribution is 1.41. The number of nitrogens with two attached hydrogens (primary N) is 1. The van der Waals surface area contributed by atoms with Crippen LogP contribution in [0.3, 0.4) is 0 Å². The summed E-state index contributed by atoms with van der Waals surface area (Å²) < 4.78 is 0. The predicted molar refractivity (Wildman–Crippen MR) is 65.1 cm³/mol. The topological polar surface area (TPSA) is 26.0 Å². The zero-order valence-electron chi connectivity index (χ0n) is 8.33. The molecular formula is C12H13NS. The summed E-state index contributed by atoms with van der Waals surface area (Å²) in [6, 6.07) is 8.39. The van der Waals surface area contributed by atoms with Crippen LogP contribution in [0.1, 0.15) is 11.1 Å². The molecular weight excluding hydrogens is 190 g/mol. The van der Waals surface area contributed by atoms with Gasteiger partial charge in [-0.25, -0.2) is 0 Å². The lowest BCUT2D eigenvalue weighted by Crippen LogP contribution is -1.92. The summed E-state index contributed by atoms with van der Waals surface area (Å²) in [4.78, 5) is 0.862. The van der Waals surface area contributed by atoms with Crippen LogP contribution in [-0.4, -0.2) is 0 Å². The highest BCUT2D eigenvalue weighted by atomic mass is 32.1. The van der Waals surface area contributed by atoms with Gasteiger partial charge in [0.05, 0.1) is 0 Å². The first kappa shape index (κ1) is 9.41. The number of benzene rings is 2. The van der Waals surface area contributed by atoms with Gasteiger partial charge in [0.1, 0.15) is 0 Å². The first-order valence-corrected chi connectivity index (χ1v) is 5.02. The van der Waals surface area contributed by atoms with E-state index in [0.29, 0.717) is 0 Å². The molecule has 2 rings (SSSR count). The molecule has 0 heterocycles. The van der Waals surface area contributed by atoms with Crippen LogP contribution in [0.25, 0.3) is 10.8 Å². The Hall–Kier alpha value is -1.15. The number of anilines is 1. The van der Waals surface area contributed by atoms with Gasteiger partial charge in [-0.3, -0.25) is 0 Å². The predicted octanol–water partition coefficient (Wildman–Crippen LogP) is 3.33. The molecule has 0 amide bonds. The van der Waals surface area contributed by atoms with Crippen LogP contribution in [-0.2, 0) is 0 Å². The highest BCUT2D eigenvalue weighted by molar-refractivity contribution is 7.80. The van der Waals surface area contributed by atoms with Crippen LogP contribution in [0.5, 0.6) is 0 Å². The van der Waals surface area contributed by atoms with Crippen molar-refractivity contribution >= 4 is 29.1 Å². The molecule has 0 aliphatic carbocycles. The van der Waals surface area contributed by atoms with E-state index in [1.807, 2.05) is 13.0 Å². The van der Waals surface area contributed by atoms with Crippen molar-refractivity contribution in [1.82, 2.24) is 0 Å². The SMILES string of the molecule is Cc1ccc2c(C)c(N)c(S)cc2c1. The van der Waals surface area contributed by atoms with Crippen molar-refractivity contribution in [3.05, 3.63) is 35.4 Å². The Morgan fingerprint density at radius 1 is 1.14 bits per heavy atom. The Kier molecular flexibility index (Phi) is 2.16. The first-order valence-electron chi connectivity index (χ1n) is 4.58. The van der Waals surface area contributed by atoms with Gasteiger partial charge < -0.3 is 5.73 Å². The van der Waals surface area contributed by atoms with Crippen LogP contribution in [0.2, 0.25) is 0 Å². The smallest absolute Gasteiger partial charge is 0.0485 e. The van der Waals surface area contributed by atoms with Gasteiger partial charge in [0.15, 0.2) is 0 Å². The molecule has 0 bridgehead atoms. The molecule has 0 aliphatic rings. The van der Waals surface area contributed by atoms with Crippen LogP contribution < -0.4 is 5.73 Å². The zero-order chi connectivity index (χ0) is 10.3. The van der Waals surface area contributed by atoms with Gasteiger partial charge >= 0.3 is 0 Å². The number of fused-ring (bicyclic) bond motifs is 1. The van der Waals surface area contributed by atoms with E-state index < -0.39 is 0 Å². The van der Waals surface area contributed by atoms with E-state index in [9.17, 15) is 0 Å². The molecule has 0 radical (unpaired) electrons. The second-order valence-electron chi connectivity index (χ2n) is 3.66. The molecule has 0 saturated carbocycles. The van der Waals surface area contributed by atoms with E-state index in [2.05, 4.69) is 37.8 Å². The van der Waals surface area contributed by atoms with Gasteiger partial charge in [-0.1, -0.05) is 23.8 Å². The summed E-state index contributed by atoms with van der Waals surface area (Å²) in [5.41, 5.74) is 9.07. The molecule has 0 fully saturated rings. The second kappa shape index (κ2) is 3.21. The molecule has 2 aromatic rings. The lowest BCUT2D eigenvalue weighted by atomic mass is 10.0. The summed E-state index contributed by atoms with van der Waals surface area (Å²) in [5, 5.41) is 2.42.